The lowest BCUT2D eigenvalue weighted by Gasteiger charge is -2.24. The maximum atomic E-state index is 13.2. The van der Waals surface area contributed by atoms with Gasteiger partial charge in [0, 0.05) is 35.9 Å². The molecule has 298 valence electrons. The Kier molecular flexibility index (Phi) is 14.7. The quantitative estimate of drug-likeness (QED) is 0.105. The van der Waals surface area contributed by atoms with Crippen LogP contribution in [0.4, 0.5) is 28.9 Å². The third-order valence-corrected chi connectivity index (χ3v) is 9.05. The number of amides is 3. The normalized spacial score (nSPS) is 13.4. The zero-order valence-corrected chi connectivity index (χ0v) is 31.9. The Bertz CT molecular complexity index is 2020. The maximum Gasteiger partial charge on any atom is 0.387 e. The fourth-order valence-electron chi connectivity index (χ4n) is 4.83. The van der Waals surface area contributed by atoms with E-state index in [0.717, 1.165) is 30.6 Å². The Labute approximate surface area is 337 Å². The third-order valence-electron chi connectivity index (χ3n) is 7.92. The Morgan fingerprint density at radius 3 is 1.61 bits per heavy atom. The van der Waals surface area contributed by atoms with Crippen LogP contribution < -0.4 is 34.9 Å². The van der Waals surface area contributed by atoms with Gasteiger partial charge in [0.2, 0.25) is 5.91 Å². The Morgan fingerprint density at radius 2 is 1.16 bits per heavy atom. The van der Waals surface area contributed by atoms with E-state index < -0.39 is 37.5 Å². The molecule has 2 aliphatic carbocycles. The second kappa shape index (κ2) is 19.4. The minimum Gasteiger partial charge on any atom is -0.489 e. The number of ether oxygens (including phenoxy) is 4. The van der Waals surface area contributed by atoms with Crippen LogP contribution in [0.15, 0.2) is 61.2 Å². The standard InChI is InChI=1S/C19H17Cl2F2N3O4.C17H14Cl2F2N2O3/c20-12-6-25-7-13(21)17(12)26(8-16(24)27)18(28)11-3-4-14(30-19(22)23)15(5-11)29-9-10-1-2-10;18-11-6-22-7-12(19)15(11)23-16(24)10-3-4-13(26-17(20)21)14(5-10)25-8-9-1-2-9/h3-7,10,19H,1-2,8-9H2,(H2,24,27);3-7,9,17H,1-2,8H2,(H,22,23,24). The SMILES string of the molecule is NC(=O)CN(C(=O)c1ccc(OC(F)F)c(OCC2CC2)c1)c1c(Cl)cncc1Cl.O=C(Nc1c(Cl)cncc1Cl)c1ccc(OC(F)F)c(OCC2CC2)c1. The highest BCUT2D eigenvalue weighted by molar-refractivity contribution is 6.40. The largest absolute Gasteiger partial charge is 0.489 e. The molecule has 0 spiro atoms. The molecule has 12 nitrogen and oxygen atoms in total. The Balaban J connectivity index is 0.000000216. The molecule has 2 heterocycles. The summed E-state index contributed by atoms with van der Waals surface area (Å²) in [6.07, 6.45) is 9.22. The number of halogens is 8. The van der Waals surface area contributed by atoms with Gasteiger partial charge in [0.1, 0.15) is 6.54 Å². The number of nitrogens with zero attached hydrogens (tertiary/aromatic N) is 3. The van der Waals surface area contributed by atoms with Crippen LogP contribution in [0.3, 0.4) is 0 Å². The third kappa shape index (κ3) is 12.1. The summed E-state index contributed by atoms with van der Waals surface area (Å²) in [6, 6.07) is 7.68. The van der Waals surface area contributed by atoms with E-state index in [1.165, 1.54) is 61.2 Å². The molecule has 2 aromatic carbocycles. The Hall–Kier alpha value is -4.77. The summed E-state index contributed by atoms with van der Waals surface area (Å²) in [6.45, 7) is -5.88. The molecule has 0 bridgehead atoms. The molecule has 2 aliphatic rings. The van der Waals surface area contributed by atoms with Crippen LogP contribution in [-0.4, -0.2) is 60.7 Å². The molecular formula is C36H31Cl4F4N5O7. The lowest BCUT2D eigenvalue weighted by atomic mass is 10.1. The van der Waals surface area contributed by atoms with E-state index in [-0.39, 0.29) is 65.6 Å². The first kappa shape index (κ1) is 42.4. The van der Waals surface area contributed by atoms with Gasteiger partial charge < -0.3 is 30.0 Å². The van der Waals surface area contributed by atoms with Crippen molar-refractivity contribution < 1.29 is 50.9 Å². The lowest BCUT2D eigenvalue weighted by molar-refractivity contribution is -0.116. The number of pyridine rings is 2. The number of carbonyl (C=O) groups excluding carboxylic acids is 3. The van der Waals surface area contributed by atoms with Crippen LogP contribution >= 0.6 is 46.4 Å². The van der Waals surface area contributed by atoms with Crippen molar-refractivity contribution in [2.45, 2.75) is 38.9 Å². The lowest BCUT2D eigenvalue weighted by Crippen LogP contribution is -2.39. The van der Waals surface area contributed by atoms with Gasteiger partial charge in [-0.25, -0.2) is 0 Å². The molecule has 6 rings (SSSR count). The summed E-state index contributed by atoms with van der Waals surface area (Å²) in [7, 11) is 0. The number of rotatable bonds is 16. The van der Waals surface area contributed by atoms with Crippen molar-refractivity contribution in [3.05, 3.63) is 92.4 Å². The van der Waals surface area contributed by atoms with Crippen LogP contribution in [0.5, 0.6) is 23.0 Å². The highest BCUT2D eigenvalue weighted by atomic mass is 35.5. The fraction of sp³-hybridized carbons (Fsp3) is 0.306. The van der Waals surface area contributed by atoms with Crippen molar-refractivity contribution in [2.24, 2.45) is 17.6 Å². The second-order valence-corrected chi connectivity index (χ2v) is 14.0. The van der Waals surface area contributed by atoms with Crippen molar-refractivity contribution in [1.82, 2.24) is 9.97 Å². The molecule has 56 heavy (non-hydrogen) atoms. The summed E-state index contributed by atoms with van der Waals surface area (Å²) < 4.78 is 70.6. The number of anilines is 2. The number of hydrogen-bond acceptors (Lipinski definition) is 9. The van der Waals surface area contributed by atoms with E-state index in [1.54, 1.807) is 0 Å². The van der Waals surface area contributed by atoms with Gasteiger partial charge in [-0.15, -0.1) is 0 Å². The van der Waals surface area contributed by atoms with Crippen molar-refractivity contribution in [2.75, 3.05) is 30.0 Å². The zero-order valence-electron chi connectivity index (χ0n) is 28.8. The molecular weight excluding hydrogens is 832 g/mol. The van der Waals surface area contributed by atoms with E-state index in [2.05, 4.69) is 24.8 Å². The first-order chi connectivity index (χ1) is 26.7. The van der Waals surface area contributed by atoms with Gasteiger partial charge in [-0.05, 0) is 73.9 Å². The molecule has 0 unspecified atom stereocenters. The van der Waals surface area contributed by atoms with Gasteiger partial charge in [0.05, 0.1) is 44.7 Å². The molecule has 3 N–H and O–H groups in total. The number of carbonyl (C=O) groups is 3. The van der Waals surface area contributed by atoms with Crippen LogP contribution in [0.2, 0.25) is 20.1 Å². The first-order valence-electron chi connectivity index (χ1n) is 16.6. The van der Waals surface area contributed by atoms with E-state index in [0.29, 0.717) is 25.0 Å². The number of hydrogen-bond donors (Lipinski definition) is 2. The zero-order chi connectivity index (χ0) is 40.5. The fourth-order valence-corrected chi connectivity index (χ4v) is 5.86. The number of nitrogens with two attached hydrogens (primary N) is 1. The van der Waals surface area contributed by atoms with Crippen LogP contribution in [0, 0.1) is 11.8 Å². The Morgan fingerprint density at radius 1 is 0.714 bits per heavy atom. The summed E-state index contributed by atoms with van der Waals surface area (Å²) in [4.78, 5) is 45.8. The van der Waals surface area contributed by atoms with E-state index in [4.69, 9.17) is 61.6 Å². The summed E-state index contributed by atoms with van der Waals surface area (Å²) >= 11 is 24.2. The van der Waals surface area contributed by atoms with E-state index in [1.807, 2.05) is 0 Å². The number of alkyl halides is 4. The van der Waals surface area contributed by atoms with Gasteiger partial charge in [-0.1, -0.05) is 46.4 Å². The van der Waals surface area contributed by atoms with Crippen LogP contribution in [0.25, 0.3) is 0 Å². The van der Waals surface area contributed by atoms with Crippen molar-refractivity contribution in [3.8, 4) is 23.0 Å². The number of benzene rings is 2. The summed E-state index contributed by atoms with van der Waals surface area (Å²) in [5.74, 6) is -1.55. The van der Waals surface area contributed by atoms with Gasteiger partial charge in [-0.2, -0.15) is 17.6 Å². The minimum absolute atomic E-state index is 0.0148. The summed E-state index contributed by atoms with van der Waals surface area (Å²) in [5.41, 5.74) is 5.75. The first-order valence-corrected chi connectivity index (χ1v) is 18.1. The number of nitrogens with one attached hydrogen (secondary N) is 1. The second-order valence-electron chi connectivity index (χ2n) is 12.3. The molecule has 0 saturated heterocycles. The molecule has 0 atom stereocenters. The molecule has 0 radical (unpaired) electrons. The number of aromatic nitrogens is 2. The smallest absolute Gasteiger partial charge is 0.387 e. The summed E-state index contributed by atoms with van der Waals surface area (Å²) in [5, 5.41) is 2.98. The molecule has 2 saturated carbocycles. The number of primary amides is 1. The van der Waals surface area contributed by atoms with Crippen molar-refractivity contribution in [1.29, 1.82) is 0 Å². The maximum absolute atomic E-state index is 13.2. The highest BCUT2D eigenvalue weighted by Crippen LogP contribution is 2.38. The average Bonchev–Trinajstić information content (AvgIpc) is 4.08. The van der Waals surface area contributed by atoms with E-state index in [9.17, 15) is 31.9 Å². The predicted molar refractivity (Wildman–Crippen MR) is 200 cm³/mol. The van der Waals surface area contributed by atoms with Gasteiger partial charge in [0.25, 0.3) is 11.8 Å². The van der Waals surface area contributed by atoms with E-state index >= 15 is 0 Å². The molecule has 4 aromatic rings. The molecule has 2 aromatic heterocycles. The molecule has 3 amide bonds. The molecule has 0 aliphatic heterocycles. The topological polar surface area (TPSA) is 155 Å². The molecule has 2 fully saturated rings. The van der Waals surface area contributed by atoms with Gasteiger partial charge in [-0.3, -0.25) is 29.3 Å². The predicted octanol–water partition coefficient (Wildman–Crippen LogP) is 8.94. The van der Waals surface area contributed by atoms with Crippen LogP contribution in [-0.2, 0) is 4.79 Å². The van der Waals surface area contributed by atoms with Gasteiger partial charge in [0.15, 0.2) is 23.0 Å². The highest BCUT2D eigenvalue weighted by Gasteiger charge is 2.28. The monoisotopic (exact) mass is 861 g/mol. The van der Waals surface area contributed by atoms with Crippen LogP contribution in [0.1, 0.15) is 46.4 Å². The molecule has 20 heteroatoms. The average molecular weight is 863 g/mol. The minimum atomic E-state index is -3.06. The van der Waals surface area contributed by atoms with Gasteiger partial charge >= 0.3 is 13.2 Å². The van der Waals surface area contributed by atoms with Crippen molar-refractivity contribution in [3.63, 3.8) is 0 Å². The van der Waals surface area contributed by atoms with Crippen molar-refractivity contribution >= 4 is 75.5 Å².